The summed E-state index contributed by atoms with van der Waals surface area (Å²) in [5, 5.41) is 23.9. The van der Waals surface area contributed by atoms with Gasteiger partial charge in [-0.3, -0.25) is 20.2 Å². The Morgan fingerprint density at radius 2 is 1.85 bits per heavy atom. The zero-order valence-electron chi connectivity index (χ0n) is 13.2. The van der Waals surface area contributed by atoms with Gasteiger partial charge in [0.15, 0.2) is 0 Å². The summed E-state index contributed by atoms with van der Waals surface area (Å²) in [5.41, 5.74) is -2.17. The number of ether oxygens (including phenoxy) is 1. The van der Waals surface area contributed by atoms with Crippen molar-refractivity contribution in [3.8, 4) is 0 Å². The molecule has 1 aromatic heterocycles. The van der Waals surface area contributed by atoms with E-state index in [2.05, 4.69) is 9.73 Å². The average molecular weight is 389 g/mol. The van der Waals surface area contributed by atoms with Crippen LogP contribution in [0.25, 0.3) is 0 Å². The number of benzene rings is 1. The minimum absolute atomic E-state index is 0.166. The fourth-order valence-corrected chi connectivity index (χ4v) is 1.94. The number of nitro benzene ring substituents is 1. The molecule has 0 amide bonds. The number of furan rings is 1. The van der Waals surface area contributed by atoms with Gasteiger partial charge in [-0.15, -0.1) is 0 Å². The predicted molar refractivity (Wildman–Crippen MR) is 82.2 cm³/mol. The number of carbonyl (C=O) groups excluding carboxylic acids is 1. The van der Waals surface area contributed by atoms with E-state index in [1.807, 2.05) is 0 Å². The lowest BCUT2D eigenvalue weighted by molar-refractivity contribution is -0.402. The van der Waals surface area contributed by atoms with E-state index in [-0.39, 0.29) is 18.8 Å². The first-order valence-corrected chi connectivity index (χ1v) is 7.10. The van der Waals surface area contributed by atoms with Crippen molar-refractivity contribution in [2.24, 2.45) is 0 Å². The van der Waals surface area contributed by atoms with Crippen LogP contribution < -0.4 is 5.32 Å². The maximum absolute atomic E-state index is 12.6. The van der Waals surface area contributed by atoms with Crippen molar-refractivity contribution in [1.29, 1.82) is 0 Å². The van der Waals surface area contributed by atoms with Gasteiger partial charge in [0.05, 0.1) is 16.6 Å². The van der Waals surface area contributed by atoms with E-state index in [1.165, 1.54) is 0 Å². The van der Waals surface area contributed by atoms with Crippen LogP contribution >= 0.6 is 0 Å². The minimum Gasteiger partial charge on any atom is -0.458 e. The lowest BCUT2D eigenvalue weighted by Crippen LogP contribution is -2.14. The predicted octanol–water partition coefficient (Wildman–Crippen LogP) is 3.38. The van der Waals surface area contributed by atoms with Crippen LogP contribution in [0.3, 0.4) is 0 Å². The SMILES string of the molecule is O=C(OCCNc1ccc(C(F)(F)F)cc1[N+](=O)[O-])c1ccc([N+](=O)[O-])o1. The Morgan fingerprint density at radius 3 is 2.41 bits per heavy atom. The van der Waals surface area contributed by atoms with Gasteiger partial charge in [0, 0.05) is 12.6 Å². The quantitative estimate of drug-likeness (QED) is 0.329. The molecular weight excluding hydrogens is 379 g/mol. The second-order valence-corrected chi connectivity index (χ2v) is 4.94. The molecule has 1 heterocycles. The largest absolute Gasteiger partial charge is 0.458 e. The van der Waals surface area contributed by atoms with Gasteiger partial charge in [-0.2, -0.15) is 13.2 Å². The van der Waals surface area contributed by atoms with E-state index >= 15 is 0 Å². The van der Waals surface area contributed by atoms with Gasteiger partial charge < -0.3 is 14.5 Å². The van der Waals surface area contributed by atoms with Gasteiger partial charge in [0.25, 0.3) is 5.69 Å². The highest BCUT2D eigenvalue weighted by molar-refractivity contribution is 5.86. The molecule has 27 heavy (non-hydrogen) atoms. The van der Waals surface area contributed by atoms with E-state index in [0.29, 0.717) is 12.1 Å². The first-order valence-electron chi connectivity index (χ1n) is 7.10. The second-order valence-electron chi connectivity index (χ2n) is 4.94. The smallest absolute Gasteiger partial charge is 0.433 e. The standard InChI is InChI=1S/C14H10F3N3O7/c15-14(16,17)8-1-2-9(10(7-8)19(22)23)18-5-6-26-13(21)11-3-4-12(27-11)20(24)25/h1-4,7,18H,5-6H2. The summed E-state index contributed by atoms with van der Waals surface area (Å²) in [6, 6.07) is 3.94. The van der Waals surface area contributed by atoms with Crippen molar-refractivity contribution in [2.75, 3.05) is 18.5 Å². The monoisotopic (exact) mass is 389 g/mol. The Bertz CT molecular complexity index is 879. The average Bonchev–Trinajstić information content (AvgIpc) is 3.08. The zero-order chi connectivity index (χ0) is 20.2. The van der Waals surface area contributed by atoms with Crippen LogP contribution in [0.1, 0.15) is 16.1 Å². The maximum atomic E-state index is 12.6. The van der Waals surface area contributed by atoms with Gasteiger partial charge >= 0.3 is 18.0 Å². The number of rotatable bonds is 7. The normalized spacial score (nSPS) is 11.1. The third-order valence-corrected chi connectivity index (χ3v) is 3.15. The lowest BCUT2D eigenvalue weighted by atomic mass is 10.1. The summed E-state index contributed by atoms with van der Waals surface area (Å²) in [5.74, 6) is -2.07. The van der Waals surface area contributed by atoms with Crippen molar-refractivity contribution in [3.63, 3.8) is 0 Å². The molecule has 0 atom stereocenters. The molecule has 0 aliphatic carbocycles. The third kappa shape index (κ3) is 4.93. The maximum Gasteiger partial charge on any atom is 0.433 e. The number of carbonyl (C=O) groups is 1. The van der Waals surface area contributed by atoms with Gasteiger partial charge in [0.1, 0.15) is 17.2 Å². The molecule has 1 aromatic carbocycles. The molecule has 2 rings (SSSR count). The molecule has 144 valence electrons. The fourth-order valence-electron chi connectivity index (χ4n) is 1.94. The van der Waals surface area contributed by atoms with Crippen LogP contribution in [0.2, 0.25) is 0 Å². The molecule has 0 bridgehead atoms. The van der Waals surface area contributed by atoms with Crippen molar-refractivity contribution in [3.05, 3.63) is 61.9 Å². The molecule has 0 saturated heterocycles. The van der Waals surface area contributed by atoms with Gasteiger partial charge in [-0.05, 0) is 18.2 Å². The summed E-state index contributed by atoms with van der Waals surface area (Å²) in [6.07, 6.45) is -4.73. The molecule has 0 fully saturated rings. The van der Waals surface area contributed by atoms with Crippen LogP contribution in [0, 0.1) is 20.2 Å². The molecule has 0 radical (unpaired) electrons. The van der Waals surface area contributed by atoms with Crippen molar-refractivity contribution in [2.45, 2.75) is 6.18 Å². The van der Waals surface area contributed by atoms with E-state index in [4.69, 9.17) is 4.74 Å². The molecule has 0 aliphatic rings. The van der Waals surface area contributed by atoms with Crippen molar-refractivity contribution in [1.82, 2.24) is 0 Å². The number of halogens is 3. The molecule has 10 nitrogen and oxygen atoms in total. The molecule has 2 aromatic rings. The summed E-state index contributed by atoms with van der Waals surface area (Å²) < 4.78 is 47.2. The van der Waals surface area contributed by atoms with Gasteiger partial charge in [-0.1, -0.05) is 0 Å². The highest BCUT2D eigenvalue weighted by Crippen LogP contribution is 2.34. The van der Waals surface area contributed by atoms with Gasteiger partial charge in [-0.25, -0.2) is 4.79 Å². The Balaban J connectivity index is 1.95. The van der Waals surface area contributed by atoms with Crippen LogP contribution in [0.15, 0.2) is 34.7 Å². The number of anilines is 1. The Kier molecular flexibility index (Phi) is 5.63. The van der Waals surface area contributed by atoms with Gasteiger partial charge in [0.2, 0.25) is 5.76 Å². The molecule has 0 saturated carbocycles. The van der Waals surface area contributed by atoms with Crippen LogP contribution in [0.5, 0.6) is 0 Å². The first-order chi connectivity index (χ1) is 12.6. The second kappa shape index (κ2) is 7.72. The molecule has 0 unspecified atom stereocenters. The van der Waals surface area contributed by atoms with E-state index < -0.39 is 44.9 Å². The number of alkyl halides is 3. The summed E-state index contributed by atoms with van der Waals surface area (Å²) in [7, 11) is 0. The van der Waals surface area contributed by atoms with Crippen LogP contribution in [-0.4, -0.2) is 29.0 Å². The molecular formula is C14H10F3N3O7. The Labute approximate surface area is 147 Å². The fraction of sp³-hybridized carbons (Fsp3) is 0.214. The zero-order valence-corrected chi connectivity index (χ0v) is 13.2. The van der Waals surface area contributed by atoms with Crippen LogP contribution in [0.4, 0.5) is 30.4 Å². The first kappa shape index (κ1) is 19.7. The number of hydrogen-bond acceptors (Lipinski definition) is 8. The van der Waals surface area contributed by atoms with Crippen LogP contribution in [-0.2, 0) is 10.9 Å². The molecule has 1 N–H and O–H groups in total. The van der Waals surface area contributed by atoms with E-state index in [0.717, 1.165) is 18.2 Å². The number of hydrogen-bond donors (Lipinski definition) is 1. The lowest BCUT2D eigenvalue weighted by Gasteiger charge is -2.10. The molecule has 0 spiro atoms. The van der Waals surface area contributed by atoms with Crippen molar-refractivity contribution < 1.29 is 37.0 Å². The van der Waals surface area contributed by atoms with Crippen molar-refractivity contribution >= 4 is 23.2 Å². The topological polar surface area (TPSA) is 138 Å². The van der Waals surface area contributed by atoms with E-state index in [1.54, 1.807) is 0 Å². The van der Waals surface area contributed by atoms with E-state index in [9.17, 15) is 38.2 Å². The number of nitrogens with one attached hydrogen (secondary N) is 1. The number of nitro groups is 2. The minimum atomic E-state index is -4.73. The highest BCUT2D eigenvalue weighted by atomic mass is 19.4. The number of esters is 1. The highest BCUT2D eigenvalue weighted by Gasteiger charge is 2.33. The summed E-state index contributed by atoms with van der Waals surface area (Å²) >= 11 is 0. The number of nitrogens with zero attached hydrogens (tertiary/aromatic N) is 2. The Morgan fingerprint density at radius 1 is 1.15 bits per heavy atom. The molecule has 0 aliphatic heterocycles. The summed E-state index contributed by atoms with van der Waals surface area (Å²) in [6.45, 7) is -0.494. The Hall–Kier alpha value is -3.64. The molecule has 13 heteroatoms. The summed E-state index contributed by atoms with van der Waals surface area (Å²) in [4.78, 5) is 31.2. The third-order valence-electron chi connectivity index (χ3n) is 3.15.